The predicted molar refractivity (Wildman–Crippen MR) is 87.1 cm³/mol. The molecule has 0 atom stereocenters. The first kappa shape index (κ1) is 14.0. The summed E-state index contributed by atoms with van der Waals surface area (Å²) in [6, 6.07) is 10.1. The number of esters is 1. The molecule has 2 heteroatoms. The molecule has 0 amide bonds. The molecule has 1 aromatic carbocycles. The van der Waals surface area contributed by atoms with Crippen LogP contribution in [0.25, 0.3) is 6.08 Å². The van der Waals surface area contributed by atoms with E-state index in [0.29, 0.717) is 6.42 Å². The lowest BCUT2D eigenvalue weighted by Gasteiger charge is -2.55. The van der Waals surface area contributed by atoms with E-state index in [0.717, 1.165) is 42.6 Å². The summed E-state index contributed by atoms with van der Waals surface area (Å²) >= 11 is 0. The van der Waals surface area contributed by atoms with Crippen molar-refractivity contribution in [2.75, 3.05) is 0 Å². The lowest BCUT2D eigenvalue weighted by molar-refractivity contribution is -0.185. The summed E-state index contributed by atoms with van der Waals surface area (Å²) < 4.78 is 6.00. The van der Waals surface area contributed by atoms with Gasteiger partial charge >= 0.3 is 5.97 Å². The van der Waals surface area contributed by atoms with Crippen LogP contribution < -0.4 is 0 Å². The second-order valence-electron chi connectivity index (χ2n) is 7.59. The zero-order valence-corrected chi connectivity index (χ0v) is 13.0. The molecule has 4 fully saturated rings. The Kier molecular flexibility index (Phi) is 3.56. The summed E-state index contributed by atoms with van der Waals surface area (Å²) in [4.78, 5) is 12.2. The number of carbonyl (C=O) groups excluding carboxylic acids is 1. The van der Waals surface area contributed by atoms with Crippen LogP contribution in [-0.4, -0.2) is 11.6 Å². The molecule has 4 bridgehead atoms. The zero-order valence-electron chi connectivity index (χ0n) is 13.0. The summed E-state index contributed by atoms with van der Waals surface area (Å²) in [5.41, 5.74) is 1.02. The Morgan fingerprint density at radius 2 is 1.64 bits per heavy atom. The third kappa shape index (κ3) is 2.84. The number of hydrogen-bond donors (Lipinski definition) is 0. The summed E-state index contributed by atoms with van der Waals surface area (Å²) in [6.07, 6.45) is 11.8. The van der Waals surface area contributed by atoms with E-state index in [1.54, 1.807) is 0 Å². The minimum Gasteiger partial charge on any atom is -0.459 e. The fourth-order valence-corrected chi connectivity index (χ4v) is 5.29. The van der Waals surface area contributed by atoms with Crippen molar-refractivity contribution in [2.45, 2.75) is 50.5 Å². The van der Waals surface area contributed by atoms with E-state index in [1.165, 1.54) is 19.3 Å². The van der Waals surface area contributed by atoms with Gasteiger partial charge in [-0.25, -0.2) is 0 Å². The maximum atomic E-state index is 12.2. The van der Waals surface area contributed by atoms with E-state index < -0.39 is 0 Å². The minimum atomic E-state index is -0.105. The average molecular weight is 296 g/mol. The van der Waals surface area contributed by atoms with Gasteiger partial charge in [0, 0.05) is 0 Å². The highest BCUT2D eigenvalue weighted by Crippen LogP contribution is 2.57. The van der Waals surface area contributed by atoms with E-state index in [4.69, 9.17) is 4.74 Å². The molecule has 0 saturated heterocycles. The minimum absolute atomic E-state index is 0.0471. The van der Waals surface area contributed by atoms with Crippen LogP contribution in [0.3, 0.4) is 0 Å². The maximum absolute atomic E-state index is 12.2. The summed E-state index contributed by atoms with van der Waals surface area (Å²) in [5.74, 6) is 2.41. The van der Waals surface area contributed by atoms with Crippen LogP contribution in [0.1, 0.15) is 50.5 Å². The smallest absolute Gasteiger partial charge is 0.310 e. The molecule has 4 aliphatic rings. The fourth-order valence-electron chi connectivity index (χ4n) is 5.29. The number of carbonyl (C=O) groups is 1. The van der Waals surface area contributed by atoms with Gasteiger partial charge in [0.2, 0.25) is 0 Å². The van der Waals surface area contributed by atoms with E-state index >= 15 is 0 Å². The Bertz CT molecular complexity index is 537. The van der Waals surface area contributed by atoms with Crippen LogP contribution in [-0.2, 0) is 9.53 Å². The van der Waals surface area contributed by atoms with Gasteiger partial charge in [0.05, 0.1) is 6.42 Å². The van der Waals surface area contributed by atoms with Crippen molar-refractivity contribution in [3.63, 3.8) is 0 Å². The molecule has 4 aliphatic carbocycles. The van der Waals surface area contributed by atoms with Gasteiger partial charge in [0.25, 0.3) is 0 Å². The zero-order chi connectivity index (χ0) is 15.0. The van der Waals surface area contributed by atoms with Crippen molar-refractivity contribution in [3.05, 3.63) is 42.0 Å². The SMILES string of the molecule is O=C(CC=Cc1ccccc1)OC12CC3CC(CC(C3)C1)C2. The number of rotatable bonds is 4. The second kappa shape index (κ2) is 5.57. The van der Waals surface area contributed by atoms with Crippen LogP contribution >= 0.6 is 0 Å². The molecule has 4 saturated carbocycles. The lowest BCUT2D eigenvalue weighted by atomic mass is 9.54. The Hall–Kier alpha value is -1.57. The third-order valence-electron chi connectivity index (χ3n) is 5.71. The van der Waals surface area contributed by atoms with Crippen molar-refractivity contribution in [1.82, 2.24) is 0 Å². The molecule has 0 N–H and O–H groups in total. The number of benzene rings is 1. The quantitative estimate of drug-likeness (QED) is 0.759. The van der Waals surface area contributed by atoms with E-state index in [2.05, 4.69) is 0 Å². The molecule has 0 radical (unpaired) electrons. The summed E-state index contributed by atoms with van der Waals surface area (Å²) in [5, 5.41) is 0. The molecule has 2 nitrogen and oxygen atoms in total. The Morgan fingerprint density at radius 1 is 1.05 bits per heavy atom. The predicted octanol–water partition coefficient (Wildman–Crippen LogP) is 4.60. The van der Waals surface area contributed by atoms with Crippen LogP contribution in [0.2, 0.25) is 0 Å². The van der Waals surface area contributed by atoms with Gasteiger partial charge in [-0.2, -0.15) is 0 Å². The van der Waals surface area contributed by atoms with Gasteiger partial charge in [-0.15, -0.1) is 0 Å². The first-order chi connectivity index (χ1) is 10.7. The van der Waals surface area contributed by atoms with Gasteiger partial charge in [0.1, 0.15) is 5.60 Å². The highest BCUT2D eigenvalue weighted by Gasteiger charge is 2.53. The summed E-state index contributed by atoms with van der Waals surface area (Å²) in [7, 11) is 0. The van der Waals surface area contributed by atoms with Crippen LogP contribution in [0.15, 0.2) is 36.4 Å². The molecule has 0 aliphatic heterocycles. The largest absolute Gasteiger partial charge is 0.459 e. The third-order valence-corrected chi connectivity index (χ3v) is 5.71. The molecule has 5 rings (SSSR count). The van der Waals surface area contributed by atoms with Crippen LogP contribution in [0.4, 0.5) is 0 Å². The monoisotopic (exact) mass is 296 g/mol. The molecular formula is C20H24O2. The molecule has 0 heterocycles. The van der Waals surface area contributed by atoms with Gasteiger partial charge in [-0.1, -0.05) is 42.5 Å². The highest BCUT2D eigenvalue weighted by atomic mass is 16.6. The van der Waals surface area contributed by atoms with E-state index in [9.17, 15) is 4.79 Å². The standard InChI is InChI=1S/C20H24O2/c21-19(8-4-7-15-5-2-1-3-6-15)22-20-12-16-9-17(13-20)11-18(10-16)14-20/h1-7,16-18H,8-14H2. The van der Waals surface area contributed by atoms with Crippen molar-refractivity contribution in [2.24, 2.45) is 17.8 Å². The van der Waals surface area contributed by atoms with Crippen molar-refractivity contribution >= 4 is 12.0 Å². The highest BCUT2D eigenvalue weighted by molar-refractivity contribution is 5.73. The topological polar surface area (TPSA) is 26.3 Å². The van der Waals surface area contributed by atoms with Crippen LogP contribution in [0, 0.1) is 17.8 Å². The van der Waals surface area contributed by atoms with E-state index in [-0.39, 0.29) is 11.6 Å². The van der Waals surface area contributed by atoms with Gasteiger partial charge in [-0.3, -0.25) is 4.79 Å². The van der Waals surface area contributed by atoms with Gasteiger partial charge in [0.15, 0.2) is 0 Å². The first-order valence-corrected chi connectivity index (χ1v) is 8.64. The Balaban J connectivity index is 1.35. The van der Waals surface area contributed by atoms with E-state index in [1.807, 2.05) is 42.5 Å². The second-order valence-corrected chi connectivity index (χ2v) is 7.59. The average Bonchev–Trinajstić information content (AvgIpc) is 2.46. The fraction of sp³-hybridized carbons (Fsp3) is 0.550. The Morgan fingerprint density at radius 3 is 2.23 bits per heavy atom. The molecule has 0 unspecified atom stereocenters. The molecule has 0 aromatic heterocycles. The van der Waals surface area contributed by atoms with Crippen molar-refractivity contribution in [3.8, 4) is 0 Å². The molecule has 22 heavy (non-hydrogen) atoms. The molecule has 116 valence electrons. The molecule has 1 aromatic rings. The first-order valence-electron chi connectivity index (χ1n) is 8.64. The van der Waals surface area contributed by atoms with Crippen molar-refractivity contribution < 1.29 is 9.53 Å². The normalized spacial score (nSPS) is 35.9. The van der Waals surface area contributed by atoms with Gasteiger partial charge in [-0.05, 0) is 61.8 Å². The lowest BCUT2D eigenvalue weighted by Crippen LogP contribution is -2.52. The van der Waals surface area contributed by atoms with Crippen molar-refractivity contribution in [1.29, 1.82) is 0 Å². The summed E-state index contributed by atoms with van der Waals surface area (Å²) in [6.45, 7) is 0. The van der Waals surface area contributed by atoms with Crippen LogP contribution in [0.5, 0.6) is 0 Å². The Labute approximate surface area is 132 Å². The molecule has 0 spiro atoms. The maximum Gasteiger partial charge on any atom is 0.310 e. The number of ether oxygens (including phenoxy) is 1. The number of hydrogen-bond acceptors (Lipinski definition) is 2. The van der Waals surface area contributed by atoms with Gasteiger partial charge < -0.3 is 4.74 Å². The molecular weight excluding hydrogens is 272 g/mol.